The number of hydrogen-bond acceptors (Lipinski definition) is 6. The minimum absolute atomic E-state index is 0.194. The Labute approximate surface area is 192 Å². The fraction of sp³-hybridized carbons (Fsp3) is 0.720. The molecule has 2 aliphatic heterocycles. The highest BCUT2D eigenvalue weighted by molar-refractivity contribution is 5.68. The van der Waals surface area contributed by atoms with Crippen molar-refractivity contribution in [3.05, 3.63) is 29.3 Å². The number of nitrogens with zero attached hydrogens (tertiary/aromatic N) is 3. The van der Waals surface area contributed by atoms with Gasteiger partial charge in [0.2, 0.25) is 0 Å². The van der Waals surface area contributed by atoms with Crippen LogP contribution in [0.4, 0.5) is 4.79 Å². The Morgan fingerprint density at radius 3 is 2.62 bits per heavy atom. The van der Waals surface area contributed by atoms with E-state index in [1.54, 1.807) is 6.07 Å². The first-order valence-corrected chi connectivity index (χ1v) is 12.0. The zero-order valence-corrected chi connectivity index (χ0v) is 20.3. The topological polar surface area (TPSA) is 82.3 Å². The van der Waals surface area contributed by atoms with Crippen LogP contribution in [0.25, 0.3) is 0 Å². The second kappa shape index (κ2) is 8.50. The summed E-state index contributed by atoms with van der Waals surface area (Å²) in [6, 6.07) is 6.26. The Bertz CT molecular complexity index is 846. The molecule has 4 rings (SSSR count). The van der Waals surface area contributed by atoms with Crippen molar-refractivity contribution in [2.75, 3.05) is 40.3 Å². The van der Waals surface area contributed by atoms with Crippen molar-refractivity contribution < 1.29 is 14.6 Å². The zero-order valence-electron chi connectivity index (χ0n) is 20.3. The van der Waals surface area contributed by atoms with Crippen LogP contribution < -0.4 is 5.73 Å². The molecule has 1 aromatic rings. The zero-order chi connectivity index (χ0) is 23.3. The van der Waals surface area contributed by atoms with Gasteiger partial charge in [-0.05, 0) is 89.7 Å². The van der Waals surface area contributed by atoms with Crippen molar-refractivity contribution in [3.8, 4) is 5.75 Å². The van der Waals surface area contributed by atoms with E-state index in [1.165, 1.54) is 5.56 Å². The molecule has 1 aliphatic carbocycles. The lowest BCUT2D eigenvalue weighted by Crippen LogP contribution is -2.71. The third kappa shape index (κ3) is 4.47. The Kier molecular flexibility index (Phi) is 6.20. The maximum atomic E-state index is 12.4. The van der Waals surface area contributed by atoms with E-state index in [9.17, 15) is 9.90 Å². The molecule has 3 aliphatic rings. The second-order valence-corrected chi connectivity index (χ2v) is 11.2. The lowest BCUT2D eigenvalue weighted by Gasteiger charge is -2.57. The van der Waals surface area contributed by atoms with Gasteiger partial charge in [0.1, 0.15) is 11.4 Å². The van der Waals surface area contributed by atoms with Crippen LogP contribution >= 0.6 is 0 Å². The number of carbonyl (C=O) groups excluding carboxylic acids is 1. The number of aromatic hydroxyl groups is 1. The smallest absolute Gasteiger partial charge is 0.410 e. The summed E-state index contributed by atoms with van der Waals surface area (Å²) in [7, 11) is 4.41. The van der Waals surface area contributed by atoms with Gasteiger partial charge < -0.3 is 25.4 Å². The van der Waals surface area contributed by atoms with Gasteiger partial charge in [-0.15, -0.1) is 0 Å². The fourth-order valence-corrected chi connectivity index (χ4v) is 6.05. The number of rotatable bonds is 3. The summed E-state index contributed by atoms with van der Waals surface area (Å²) in [4.78, 5) is 19.1. The van der Waals surface area contributed by atoms with Gasteiger partial charge >= 0.3 is 6.09 Å². The largest absolute Gasteiger partial charge is 0.508 e. The number of carbonyl (C=O) groups is 1. The maximum absolute atomic E-state index is 12.4. The fourth-order valence-electron chi connectivity index (χ4n) is 6.05. The van der Waals surface area contributed by atoms with Crippen molar-refractivity contribution in [2.45, 2.75) is 69.7 Å². The average molecular weight is 445 g/mol. The van der Waals surface area contributed by atoms with E-state index in [4.69, 9.17) is 10.5 Å². The van der Waals surface area contributed by atoms with Crippen molar-refractivity contribution >= 4 is 6.09 Å². The van der Waals surface area contributed by atoms with E-state index in [0.717, 1.165) is 57.4 Å². The Morgan fingerprint density at radius 1 is 1.28 bits per heavy atom. The van der Waals surface area contributed by atoms with Crippen molar-refractivity contribution in [3.63, 3.8) is 0 Å². The standard InChI is InChI=1S/C25H40N4O3/c1-24(2,3)32-23(31)29-11-8-17(9-12-29)16-28(5)22-21-14-18-6-7-19(30)15-20(18)25(22,26)10-13-27(21)4/h6-7,15,17,21-22,30H,8-14,16,26H2,1-5H3/t21-,22?,25-/m1/s1. The van der Waals surface area contributed by atoms with E-state index < -0.39 is 11.1 Å². The summed E-state index contributed by atoms with van der Waals surface area (Å²) < 4.78 is 5.54. The Balaban J connectivity index is 1.44. The first-order valence-electron chi connectivity index (χ1n) is 12.0. The van der Waals surface area contributed by atoms with Gasteiger partial charge in [0, 0.05) is 38.3 Å². The van der Waals surface area contributed by atoms with E-state index in [-0.39, 0.29) is 12.1 Å². The molecule has 7 heteroatoms. The van der Waals surface area contributed by atoms with Gasteiger partial charge in [-0.1, -0.05) is 6.07 Å². The molecule has 178 valence electrons. The minimum Gasteiger partial charge on any atom is -0.508 e. The van der Waals surface area contributed by atoms with Gasteiger partial charge in [-0.25, -0.2) is 4.79 Å². The molecule has 2 fully saturated rings. The highest BCUT2D eigenvalue weighted by atomic mass is 16.6. The lowest BCUT2D eigenvalue weighted by molar-refractivity contribution is -0.0146. The number of ether oxygens (including phenoxy) is 1. The van der Waals surface area contributed by atoms with Gasteiger partial charge in [0.25, 0.3) is 0 Å². The highest BCUT2D eigenvalue weighted by Gasteiger charge is 2.52. The number of benzene rings is 1. The molecule has 1 aromatic carbocycles. The molecule has 0 radical (unpaired) electrons. The number of amides is 1. The summed E-state index contributed by atoms with van der Waals surface area (Å²) in [6.07, 6.45) is 3.59. The molecular weight excluding hydrogens is 404 g/mol. The summed E-state index contributed by atoms with van der Waals surface area (Å²) in [5, 5.41) is 10.2. The predicted molar refractivity (Wildman–Crippen MR) is 126 cm³/mol. The normalized spacial score (nSPS) is 29.2. The number of nitrogens with two attached hydrogens (primary N) is 1. The second-order valence-electron chi connectivity index (χ2n) is 11.2. The van der Waals surface area contributed by atoms with E-state index in [1.807, 2.05) is 37.8 Å². The van der Waals surface area contributed by atoms with Crippen molar-refractivity contribution in [2.24, 2.45) is 11.7 Å². The van der Waals surface area contributed by atoms with Crippen LogP contribution in [-0.2, 0) is 16.7 Å². The SMILES string of the molecule is CN(CC1CCN(C(=O)OC(C)(C)C)CC1)C1[C@H]2Cc3ccc(O)cc3[C@]1(N)CCN2C. The molecule has 2 saturated heterocycles. The van der Waals surface area contributed by atoms with Gasteiger partial charge in [-0.2, -0.15) is 0 Å². The number of hydrogen-bond donors (Lipinski definition) is 2. The first kappa shape index (κ1) is 23.3. The van der Waals surface area contributed by atoms with Crippen LogP contribution in [-0.4, -0.2) is 83.9 Å². The summed E-state index contributed by atoms with van der Waals surface area (Å²) in [6.45, 7) is 9.14. The number of phenols is 1. The number of phenolic OH excluding ortho intramolecular Hbond substituents is 1. The van der Waals surface area contributed by atoms with Crippen LogP contribution in [0, 0.1) is 5.92 Å². The Morgan fingerprint density at radius 2 is 1.97 bits per heavy atom. The number of likely N-dealkylation sites (N-methyl/N-ethyl adjacent to an activating group) is 2. The molecule has 7 nitrogen and oxygen atoms in total. The lowest BCUT2D eigenvalue weighted by atomic mass is 9.66. The highest BCUT2D eigenvalue weighted by Crippen LogP contribution is 2.44. The number of fused-ring (bicyclic) bond motifs is 4. The van der Waals surface area contributed by atoms with Crippen molar-refractivity contribution in [1.29, 1.82) is 0 Å². The molecule has 2 heterocycles. The van der Waals surface area contributed by atoms with Gasteiger partial charge in [-0.3, -0.25) is 4.90 Å². The molecule has 1 amide bonds. The molecule has 3 atom stereocenters. The molecule has 0 aromatic heterocycles. The van der Waals surface area contributed by atoms with Gasteiger partial charge in [0.05, 0.1) is 5.54 Å². The quantitative estimate of drug-likeness (QED) is 0.746. The van der Waals surface area contributed by atoms with Crippen LogP contribution in [0.2, 0.25) is 0 Å². The number of piperidine rings is 2. The summed E-state index contributed by atoms with van der Waals surface area (Å²) >= 11 is 0. The van der Waals surface area contributed by atoms with Crippen LogP contribution in [0.1, 0.15) is 51.2 Å². The van der Waals surface area contributed by atoms with Crippen LogP contribution in [0.15, 0.2) is 18.2 Å². The molecule has 32 heavy (non-hydrogen) atoms. The van der Waals surface area contributed by atoms with E-state index in [2.05, 4.69) is 23.9 Å². The molecule has 3 N–H and O–H groups in total. The van der Waals surface area contributed by atoms with Crippen LogP contribution in [0.5, 0.6) is 5.75 Å². The molecule has 2 bridgehead atoms. The van der Waals surface area contributed by atoms with Gasteiger partial charge in [0.15, 0.2) is 0 Å². The van der Waals surface area contributed by atoms with E-state index in [0.29, 0.717) is 17.7 Å². The monoisotopic (exact) mass is 444 g/mol. The first-order chi connectivity index (χ1) is 15.0. The molecule has 0 saturated carbocycles. The molecular formula is C25H40N4O3. The summed E-state index contributed by atoms with van der Waals surface area (Å²) in [5.41, 5.74) is 8.61. The molecule has 1 unspecified atom stereocenters. The average Bonchev–Trinajstić information content (AvgIpc) is 2.71. The number of likely N-dealkylation sites (tertiary alicyclic amines) is 2. The minimum atomic E-state index is -0.463. The third-order valence-electron chi connectivity index (χ3n) is 7.65. The molecule has 0 spiro atoms. The Hall–Kier alpha value is -1.83. The maximum Gasteiger partial charge on any atom is 0.410 e. The van der Waals surface area contributed by atoms with Crippen molar-refractivity contribution in [1.82, 2.24) is 14.7 Å². The predicted octanol–water partition coefficient (Wildman–Crippen LogP) is 2.75. The third-order valence-corrected chi connectivity index (χ3v) is 7.65. The van der Waals surface area contributed by atoms with E-state index >= 15 is 0 Å². The summed E-state index contributed by atoms with van der Waals surface area (Å²) in [5.74, 6) is 0.820. The van der Waals surface area contributed by atoms with Crippen LogP contribution in [0.3, 0.4) is 0 Å².